The Labute approximate surface area is 112 Å². The third kappa shape index (κ3) is 3.34. The Balaban J connectivity index is 2.01. The highest BCUT2D eigenvalue weighted by Gasteiger charge is 2.03. The summed E-state index contributed by atoms with van der Waals surface area (Å²) >= 11 is 0. The summed E-state index contributed by atoms with van der Waals surface area (Å²) in [7, 11) is 0. The predicted molar refractivity (Wildman–Crippen MR) is 74.9 cm³/mol. The molecule has 0 saturated carbocycles. The number of aromatic nitrogens is 2. The predicted octanol–water partition coefficient (Wildman–Crippen LogP) is 2.17. The maximum absolute atomic E-state index is 11.1. The summed E-state index contributed by atoms with van der Waals surface area (Å²) in [6.45, 7) is 4.78. The summed E-state index contributed by atoms with van der Waals surface area (Å²) in [4.78, 5) is 11.1. The van der Waals surface area contributed by atoms with Crippen LogP contribution in [0.15, 0.2) is 36.7 Å². The molecule has 0 radical (unpaired) electrons. The van der Waals surface area contributed by atoms with Gasteiger partial charge in [-0.15, -0.1) is 0 Å². The van der Waals surface area contributed by atoms with E-state index in [2.05, 4.69) is 24.3 Å². The van der Waals surface area contributed by atoms with E-state index >= 15 is 0 Å². The van der Waals surface area contributed by atoms with Crippen molar-refractivity contribution in [1.29, 1.82) is 0 Å². The van der Waals surface area contributed by atoms with E-state index in [1.165, 1.54) is 0 Å². The Morgan fingerprint density at radius 1 is 1.47 bits per heavy atom. The lowest BCUT2D eigenvalue weighted by Gasteiger charge is -2.06. The quantitative estimate of drug-likeness (QED) is 0.863. The molecule has 5 heteroatoms. The van der Waals surface area contributed by atoms with Crippen molar-refractivity contribution < 1.29 is 4.79 Å². The third-order valence-corrected chi connectivity index (χ3v) is 2.84. The highest BCUT2D eigenvalue weighted by atomic mass is 16.1. The number of nitrogens with two attached hydrogens (primary N) is 1. The Kier molecular flexibility index (Phi) is 3.85. The number of nitrogens with one attached hydrogen (secondary N) is 1. The van der Waals surface area contributed by atoms with Gasteiger partial charge in [0.2, 0.25) is 5.91 Å². The first kappa shape index (κ1) is 13.1. The molecule has 0 unspecified atom stereocenters. The Hall–Kier alpha value is -2.30. The summed E-state index contributed by atoms with van der Waals surface area (Å²) in [5, 5.41) is 7.52. The van der Waals surface area contributed by atoms with Gasteiger partial charge in [-0.25, -0.2) is 0 Å². The zero-order valence-corrected chi connectivity index (χ0v) is 11.1. The van der Waals surface area contributed by atoms with E-state index in [-0.39, 0.29) is 0 Å². The minimum Gasteiger partial charge on any atom is -0.378 e. The second kappa shape index (κ2) is 5.56. The molecule has 0 atom stereocenters. The van der Waals surface area contributed by atoms with Crippen LogP contribution in [-0.2, 0) is 6.54 Å². The first-order valence-electron chi connectivity index (χ1n) is 6.23. The lowest BCUT2D eigenvalue weighted by atomic mass is 10.1. The zero-order valence-electron chi connectivity index (χ0n) is 11.1. The summed E-state index contributed by atoms with van der Waals surface area (Å²) in [6.07, 6.45) is 3.75. The van der Waals surface area contributed by atoms with Crippen LogP contribution in [0.1, 0.15) is 35.8 Å². The van der Waals surface area contributed by atoms with E-state index in [1.54, 1.807) is 18.3 Å². The van der Waals surface area contributed by atoms with Gasteiger partial charge in [-0.05, 0) is 31.5 Å². The smallest absolute Gasteiger partial charge is 0.248 e. The molecule has 0 spiro atoms. The number of carbonyl (C=O) groups is 1. The van der Waals surface area contributed by atoms with Crippen LogP contribution < -0.4 is 11.1 Å². The summed E-state index contributed by atoms with van der Waals surface area (Å²) in [6, 6.07) is 7.62. The largest absolute Gasteiger partial charge is 0.378 e. The second-order valence-electron chi connectivity index (χ2n) is 4.72. The Bertz CT molecular complexity index is 574. The van der Waals surface area contributed by atoms with Crippen LogP contribution in [0.25, 0.3) is 0 Å². The molecule has 0 aliphatic heterocycles. The minimum atomic E-state index is -0.408. The molecule has 2 aromatic rings. The van der Waals surface area contributed by atoms with Gasteiger partial charge in [0.15, 0.2) is 0 Å². The van der Waals surface area contributed by atoms with Crippen molar-refractivity contribution in [3.63, 3.8) is 0 Å². The standard InChI is InChI=1S/C14H18N4O/c1-10(2)18-9-13(8-17-18)16-7-11-4-3-5-12(6-11)14(15)19/h3-6,8-10,16H,7H2,1-2H3,(H2,15,19). The third-order valence-electron chi connectivity index (χ3n) is 2.84. The number of carbonyl (C=O) groups excluding carboxylic acids is 1. The van der Waals surface area contributed by atoms with Crippen LogP contribution in [0.3, 0.4) is 0 Å². The highest BCUT2D eigenvalue weighted by molar-refractivity contribution is 5.92. The molecule has 0 aliphatic rings. The fourth-order valence-corrected chi connectivity index (χ4v) is 1.75. The molecule has 2 rings (SSSR count). The molecule has 19 heavy (non-hydrogen) atoms. The monoisotopic (exact) mass is 258 g/mol. The van der Waals surface area contributed by atoms with E-state index < -0.39 is 5.91 Å². The average Bonchev–Trinajstić information content (AvgIpc) is 2.85. The van der Waals surface area contributed by atoms with Gasteiger partial charge in [-0.2, -0.15) is 5.10 Å². The van der Waals surface area contributed by atoms with Gasteiger partial charge in [-0.3, -0.25) is 9.48 Å². The minimum absolute atomic E-state index is 0.341. The summed E-state index contributed by atoms with van der Waals surface area (Å²) < 4.78 is 1.89. The SMILES string of the molecule is CC(C)n1cc(NCc2cccc(C(N)=O)c2)cn1. The van der Waals surface area contributed by atoms with Gasteiger partial charge in [-0.1, -0.05) is 12.1 Å². The molecule has 1 aromatic heterocycles. The molecule has 0 bridgehead atoms. The van der Waals surface area contributed by atoms with E-state index in [0.717, 1.165) is 11.3 Å². The summed E-state index contributed by atoms with van der Waals surface area (Å²) in [5.74, 6) is -0.408. The molecule has 1 heterocycles. The second-order valence-corrected chi connectivity index (χ2v) is 4.72. The number of benzene rings is 1. The van der Waals surface area contributed by atoms with Crippen molar-refractivity contribution in [2.24, 2.45) is 5.73 Å². The van der Waals surface area contributed by atoms with Crippen molar-refractivity contribution in [1.82, 2.24) is 9.78 Å². The van der Waals surface area contributed by atoms with Crippen molar-refractivity contribution >= 4 is 11.6 Å². The Morgan fingerprint density at radius 3 is 2.89 bits per heavy atom. The summed E-state index contributed by atoms with van der Waals surface area (Å²) in [5.41, 5.74) is 7.74. The zero-order chi connectivity index (χ0) is 13.8. The lowest BCUT2D eigenvalue weighted by Crippen LogP contribution is -2.11. The average molecular weight is 258 g/mol. The van der Waals surface area contributed by atoms with Crippen molar-refractivity contribution in [2.75, 3.05) is 5.32 Å². The van der Waals surface area contributed by atoms with E-state index in [4.69, 9.17) is 5.73 Å². The maximum Gasteiger partial charge on any atom is 0.248 e. The number of nitrogens with zero attached hydrogens (tertiary/aromatic N) is 2. The first-order valence-corrected chi connectivity index (χ1v) is 6.23. The molecule has 3 N–H and O–H groups in total. The fraction of sp³-hybridized carbons (Fsp3) is 0.286. The van der Waals surface area contributed by atoms with Crippen molar-refractivity contribution in [3.8, 4) is 0 Å². The maximum atomic E-state index is 11.1. The van der Waals surface area contributed by atoms with Crippen LogP contribution in [0.4, 0.5) is 5.69 Å². The fourth-order valence-electron chi connectivity index (χ4n) is 1.75. The van der Waals surface area contributed by atoms with Crippen LogP contribution in [-0.4, -0.2) is 15.7 Å². The number of anilines is 1. The Morgan fingerprint density at radius 2 is 2.26 bits per heavy atom. The molecular formula is C14H18N4O. The van der Waals surface area contributed by atoms with E-state index in [9.17, 15) is 4.79 Å². The van der Waals surface area contributed by atoms with Crippen LogP contribution in [0.5, 0.6) is 0 Å². The number of rotatable bonds is 5. The van der Waals surface area contributed by atoms with Gasteiger partial charge < -0.3 is 11.1 Å². The molecular weight excluding hydrogens is 240 g/mol. The van der Waals surface area contributed by atoms with Gasteiger partial charge in [0.1, 0.15) is 0 Å². The molecule has 100 valence electrons. The highest BCUT2D eigenvalue weighted by Crippen LogP contribution is 2.12. The molecule has 0 saturated heterocycles. The van der Waals surface area contributed by atoms with Crippen molar-refractivity contribution in [3.05, 3.63) is 47.8 Å². The number of amides is 1. The van der Waals surface area contributed by atoms with Crippen LogP contribution >= 0.6 is 0 Å². The van der Waals surface area contributed by atoms with Crippen LogP contribution in [0, 0.1) is 0 Å². The topological polar surface area (TPSA) is 72.9 Å². The van der Waals surface area contributed by atoms with Crippen molar-refractivity contribution in [2.45, 2.75) is 26.4 Å². The van der Waals surface area contributed by atoms with Gasteiger partial charge in [0.05, 0.1) is 11.9 Å². The van der Waals surface area contributed by atoms with Gasteiger partial charge in [0.25, 0.3) is 0 Å². The molecule has 1 aromatic carbocycles. The van der Waals surface area contributed by atoms with E-state index in [1.807, 2.05) is 23.0 Å². The lowest BCUT2D eigenvalue weighted by molar-refractivity contribution is 0.1000. The molecule has 0 fully saturated rings. The van der Waals surface area contributed by atoms with Crippen LogP contribution in [0.2, 0.25) is 0 Å². The molecule has 5 nitrogen and oxygen atoms in total. The van der Waals surface area contributed by atoms with Gasteiger partial charge >= 0.3 is 0 Å². The number of hydrogen-bond donors (Lipinski definition) is 2. The molecule has 0 aliphatic carbocycles. The van der Waals surface area contributed by atoms with E-state index in [0.29, 0.717) is 18.2 Å². The first-order chi connectivity index (χ1) is 9.06. The molecule has 1 amide bonds. The normalized spacial score (nSPS) is 10.7. The number of hydrogen-bond acceptors (Lipinski definition) is 3. The van der Waals surface area contributed by atoms with Gasteiger partial charge in [0, 0.05) is 24.3 Å². The number of primary amides is 1.